The van der Waals surface area contributed by atoms with Crippen molar-refractivity contribution in [3.8, 4) is 5.75 Å². The van der Waals surface area contributed by atoms with Gasteiger partial charge in [0.1, 0.15) is 10.1 Å². The summed E-state index contributed by atoms with van der Waals surface area (Å²) in [4.78, 5) is 4.17. The van der Waals surface area contributed by atoms with Crippen molar-refractivity contribution in [3.63, 3.8) is 0 Å². The number of hydrogen-bond acceptors (Lipinski definition) is 6. The lowest BCUT2D eigenvalue weighted by Crippen LogP contribution is -2.23. The fourth-order valence-electron chi connectivity index (χ4n) is 2.20. The summed E-state index contributed by atoms with van der Waals surface area (Å²) in [5, 5.41) is 14.4. The summed E-state index contributed by atoms with van der Waals surface area (Å²) in [6.07, 6.45) is 0. The van der Waals surface area contributed by atoms with E-state index in [9.17, 15) is 13.5 Å². The Morgan fingerprint density at radius 3 is 2.36 bits per heavy atom. The summed E-state index contributed by atoms with van der Waals surface area (Å²) in [6.45, 7) is 3.76. The molecule has 150 valence electrons. The lowest BCUT2D eigenvalue weighted by Gasteiger charge is -2.15. The first-order valence-electron chi connectivity index (χ1n) is 8.39. The molecule has 0 spiro atoms. The number of benzene rings is 2. The van der Waals surface area contributed by atoms with E-state index in [-0.39, 0.29) is 10.6 Å². The Labute approximate surface area is 175 Å². The molecule has 2 N–H and O–H groups in total. The maximum absolute atomic E-state index is 12.6. The minimum Gasteiger partial charge on any atom is -0.507 e. The van der Waals surface area contributed by atoms with Gasteiger partial charge < -0.3 is 10.0 Å². The zero-order valence-corrected chi connectivity index (χ0v) is 18.6. The van der Waals surface area contributed by atoms with Gasteiger partial charge >= 0.3 is 0 Å². The predicted molar refractivity (Wildman–Crippen MR) is 120 cm³/mol. The Morgan fingerprint density at radius 2 is 1.75 bits per heavy atom. The van der Waals surface area contributed by atoms with Crippen LogP contribution in [0.1, 0.15) is 16.7 Å². The van der Waals surface area contributed by atoms with Gasteiger partial charge in [0.15, 0.2) is 0 Å². The largest absolute Gasteiger partial charge is 0.507 e. The molecule has 9 heteroatoms. The molecule has 28 heavy (non-hydrogen) atoms. The number of phenolic OH excluding ortho intramolecular Hbond substituents is 1. The van der Waals surface area contributed by atoms with Crippen LogP contribution in [0.25, 0.3) is 0 Å². The number of phenols is 1. The van der Waals surface area contributed by atoms with Crippen LogP contribution >= 0.6 is 24.0 Å². The van der Waals surface area contributed by atoms with Gasteiger partial charge in [0.2, 0.25) is 0 Å². The number of nitrogens with zero attached hydrogens (tertiary/aromatic N) is 2. The zero-order chi connectivity index (χ0) is 20.9. The van der Waals surface area contributed by atoms with Crippen molar-refractivity contribution in [2.75, 3.05) is 19.8 Å². The topological polar surface area (TPSA) is 82.0 Å². The van der Waals surface area contributed by atoms with E-state index in [1.807, 2.05) is 27.9 Å². The molecule has 2 aromatic carbocycles. The monoisotopic (exact) mass is 437 g/mol. The Kier molecular flexibility index (Phi) is 7.45. The van der Waals surface area contributed by atoms with Crippen molar-refractivity contribution in [1.29, 1.82) is 0 Å². The summed E-state index contributed by atoms with van der Waals surface area (Å²) in [7, 11) is -0.170. The number of aromatic hydroxyl groups is 1. The summed E-state index contributed by atoms with van der Waals surface area (Å²) >= 11 is 6.62. The normalized spacial score (nSPS) is 11.9. The number of nitrogens with one attached hydrogen (secondary N) is 1. The molecule has 0 aliphatic heterocycles. The third-order valence-electron chi connectivity index (χ3n) is 3.79. The van der Waals surface area contributed by atoms with Crippen LogP contribution in [0.3, 0.4) is 0 Å². The van der Waals surface area contributed by atoms with E-state index in [0.717, 1.165) is 11.1 Å². The molecule has 0 aromatic heterocycles. The first kappa shape index (κ1) is 22.2. The third kappa shape index (κ3) is 5.95. The van der Waals surface area contributed by atoms with Gasteiger partial charge in [-0.1, -0.05) is 53.3 Å². The average molecular weight is 438 g/mol. The lowest BCUT2D eigenvalue weighted by atomic mass is 10.1. The molecule has 0 radical (unpaired) electrons. The van der Waals surface area contributed by atoms with Crippen LogP contribution in [-0.4, -0.2) is 48.3 Å². The van der Waals surface area contributed by atoms with Gasteiger partial charge in [0.05, 0.1) is 10.6 Å². The number of thiocarbonyl (C=S) groups is 1. The number of hydrogen-bond donors (Lipinski definition) is 2. The molecular formula is C19H23N3O3S3. The third-order valence-corrected chi connectivity index (χ3v) is 6.77. The van der Waals surface area contributed by atoms with Crippen molar-refractivity contribution in [2.24, 2.45) is 5.10 Å². The standard InChI is InChI=1S/C19H23N3O3S3/c1-13-5-8-15(9-6-13)28(24,25)21-20-17(12-27-19(26)22(3)4)16-11-14(2)7-10-18(16)23/h5-11,21,23H,12H2,1-4H3. The summed E-state index contributed by atoms with van der Waals surface area (Å²) in [5.41, 5.74) is 2.72. The van der Waals surface area contributed by atoms with Crippen LogP contribution in [-0.2, 0) is 10.0 Å². The van der Waals surface area contributed by atoms with E-state index in [1.165, 1.54) is 23.9 Å². The van der Waals surface area contributed by atoms with E-state index in [0.29, 0.717) is 21.3 Å². The molecule has 0 heterocycles. The van der Waals surface area contributed by atoms with E-state index in [2.05, 4.69) is 9.93 Å². The van der Waals surface area contributed by atoms with Crippen LogP contribution < -0.4 is 4.83 Å². The van der Waals surface area contributed by atoms with Crippen molar-refractivity contribution in [2.45, 2.75) is 18.7 Å². The Bertz CT molecular complexity index is 985. The minimum atomic E-state index is -3.83. The highest BCUT2D eigenvalue weighted by Crippen LogP contribution is 2.22. The van der Waals surface area contributed by atoms with Gasteiger partial charge in [0, 0.05) is 25.4 Å². The smallest absolute Gasteiger partial charge is 0.276 e. The molecule has 0 unspecified atom stereocenters. The highest BCUT2D eigenvalue weighted by molar-refractivity contribution is 8.23. The Hall–Kier alpha value is -2.10. The molecular weight excluding hydrogens is 414 g/mol. The van der Waals surface area contributed by atoms with Crippen LogP contribution in [0.5, 0.6) is 5.75 Å². The second kappa shape index (κ2) is 9.40. The number of thioether (sulfide) groups is 1. The molecule has 0 atom stereocenters. The van der Waals surface area contributed by atoms with Crippen LogP contribution in [0.15, 0.2) is 52.5 Å². The Morgan fingerprint density at radius 1 is 1.14 bits per heavy atom. The number of hydrazone groups is 1. The Balaban J connectivity index is 2.35. The van der Waals surface area contributed by atoms with Gasteiger partial charge in [-0.3, -0.25) is 0 Å². The van der Waals surface area contributed by atoms with Crippen molar-refractivity contribution in [3.05, 3.63) is 59.2 Å². The minimum absolute atomic E-state index is 0.0234. The summed E-state index contributed by atoms with van der Waals surface area (Å²) < 4.78 is 25.7. The molecule has 0 amide bonds. The highest BCUT2D eigenvalue weighted by Gasteiger charge is 2.16. The fraction of sp³-hybridized carbons (Fsp3) is 0.263. The molecule has 0 aliphatic carbocycles. The van der Waals surface area contributed by atoms with Crippen molar-refractivity contribution >= 4 is 44.0 Å². The molecule has 0 fully saturated rings. The molecule has 2 aromatic rings. The van der Waals surface area contributed by atoms with Crippen molar-refractivity contribution < 1.29 is 13.5 Å². The van der Waals surface area contributed by atoms with E-state index < -0.39 is 10.0 Å². The van der Waals surface area contributed by atoms with Crippen LogP contribution in [0, 0.1) is 13.8 Å². The highest BCUT2D eigenvalue weighted by atomic mass is 32.2. The van der Waals surface area contributed by atoms with Crippen LogP contribution in [0.4, 0.5) is 0 Å². The number of sulfonamides is 1. The lowest BCUT2D eigenvalue weighted by molar-refractivity contribution is 0.474. The second-order valence-corrected chi connectivity index (χ2v) is 9.71. The molecule has 0 saturated carbocycles. The van der Waals surface area contributed by atoms with Gasteiger partial charge in [0.25, 0.3) is 10.0 Å². The van der Waals surface area contributed by atoms with Gasteiger partial charge in [-0.25, -0.2) is 0 Å². The van der Waals surface area contributed by atoms with E-state index >= 15 is 0 Å². The van der Waals surface area contributed by atoms with E-state index in [1.54, 1.807) is 35.2 Å². The van der Waals surface area contributed by atoms with Gasteiger partial charge in [-0.2, -0.15) is 18.4 Å². The SMILES string of the molecule is Cc1ccc(S(=O)(=O)NN=C(CSC(=S)N(C)C)c2cc(C)ccc2O)cc1. The maximum Gasteiger partial charge on any atom is 0.276 e. The summed E-state index contributed by atoms with van der Waals surface area (Å²) in [6, 6.07) is 11.6. The first-order chi connectivity index (χ1) is 13.1. The predicted octanol–water partition coefficient (Wildman–Crippen LogP) is 3.27. The molecule has 6 nitrogen and oxygen atoms in total. The number of rotatable bonds is 6. The summed E-state index contributed by atoms with van der Waals surface area (Å²) in [5.74, 6) is 0.319. The van der Waals surface area contributed by atoms with E-state index in [4.69, 9.17) is 12.2 Å². The molecule has 0 aliphatic rings. The van der Waals surface area contributed by atoms with Crippen molar-refractivity contribution in [1.82, 2.24) is 9.73 Å². The zero-order valence-electron chi connectivity index (χ0n) is 16.1. The molecule has 0 saturated heterocycles. The quantitative estimate of drug-likeness (QED) is 0.410. The number of aryl methyl sites for hydroxylation is 2. The molecule has 0 bridgehead atoms. The van der Waals surface area contributed by atoms with Gasteiger partial charge in [-0.15, -0.1) is 0 Å². The average Bonchev–Trinajstić information content (AvgIpc) is 2.64. The van der Waals surface area contributed by atoms with Crippen LogP contribution in [0.2, 0.25) is 0 Å². The fourth-order valence-corrected chi connectivity index (χ4v) is 3.94. The first-order valence-corrected chi connectivity index (χ1v) is 11.3. The van der Waals surface area contributed by atoms with Gasteiger partial charge in [-0.05, 0) is 38.1 Å². The maximum atomic E-state index is 12.6. The second-order valence-electron chi connectivity index (χ2n) is 6.44. The molecule has 2 rings (SSSR count).